The molecule has 0 spiro atoms. The van der Waals surface area contributed by atoms with Gasteiger partial charge in [-0.05, 0) is 31.7 Å². The Bertz CT molecular complexity index is 458. The van der Waals surface area contributed by atoms with E-state index in [1.54, 1.807) is 6.92 Å². The Hall–Kier alpha value is -1.84. The normalized spacial score (nSPS) is 19.6. The standard InChI is InChI=1S/C16H21NO3/c1-2-20-16(19)17-11-7-6-10-14(15(17)18)12-13-8-4-3-5-9-13/h3-5,8-9,14H,2,6-7,10-12H2,1H3/t14-/m0/s1. The number of carbonyl (C=O) groups excluding carboxylic acids is 2. The van der Waals surface area contributed by atoms with Crippen molar-refractivity contribution in [3.05, 3.63) is 35.9 Å². The molecule has 1 aromatic carbocycles. The summed E-state index contributed by atoms with van der Waals surface area (Å²) >= 11 is 0. The number of hydrogen-bond donors (Lipinski definition) is 0. The van der Waals surface area contributed by atoms with E-state index in [0.717, 1.165) is 24.8 Å². The molecule has 108 valence electrons. The van der Waals surface area contributed by atoms with Crippen molar-refractivity contribution in [2.75, 3.05) is 13.2 Å². The number of benzene rings is 1. The maximum atomic E-state index is 12.5. The van der Waals surface area contributed by atoms with Gasteiger partial charge < -0.3 is 4.74 Å². The summed E-state index contributed by atoms with van der Waals surface area (Å²) in [6, 6.07) is 9.95. The molecule has 0 bridgehead atoms. The second kappa shape index (κ2) is 7.08. The van der Waals surface area contributed by atoms with Gasteiger partial charge in [0.2, 0.25) is 5.91 Å². The Kier molecular flexibility index (Phi) is 5.16. The van der Waals surface area contributed by atoms with E-state index in [-0.39, 0.29) is 11.8 Å². The van der Waals surface area contributed by atoms with Gasteiger partial charge in [0.1, 0.15) is 0 Å². The highest BCUT2D eigenvalue weighted by atomic mass is 16.6. The van der Waals surface area contributed by atoms with Gasteiger partial charge >= 0.3 is 6.09 Å². The van der Waals surface area contributed by atoms with Gasteiger partial charge in [-0.3, -0.25) is 4.79 Å². The molecule has 0 saturated carbocycles. The first kappa shape index (κ1) is 14.6. The highest BCUT2D eigenvalue weighted by molar-refractivity contribution is 5.93. The molecule has 2 rings (SSSR count). The number of hydrogen-bond acceptors (Lipinski definition) is 3. The topological polar surface area (TPSA) is 46.6 Å². The maximum absolute atomic E-state index is 12.5. The van der Waals surface area contributed by atoms with Gasteiger partial charge in [-0.25, -0.2) is 9.69 Å². The Morgan fingerprint density at radius 1 is 1.30 bits per heavy atom. The van der Waals surface area contributed by atoms with Crippen molar-refractivity contribution in [1.29, 1.82) is 0 Å². The summed E-state index contributed by atoms with van der Waals surface area (Å²) in [5.41, 5.74) is 1.14. The second-order valence-electron chi connectivity index (χ2n) is 5.07. The fourth-order valence-electron chi connectivity index (χ4n) is 2.59. The molecule has 1 atom stereocenters. The largest absolute Gasteiger partial charge is 0.449 e. The molecule has 1 fully saturated rings. The van der Waals surface area contributed by atoms with E-state index in [2.05, 4.69) is 0 Å². The number of nitrogens with zero attached hydrogens (tertiary/aromatic N) is 1. The fourth-order valence-corrected chi connectivity index (χ4v) is 2.59. The van der Waals surface area contributed by atoms with E-state index in [1.165, 1.54) is 4.90 Å². The van der Waals surface area contributed by atoms with Crippen LogP contribution >= 0.6 is 0 Å². The van der Waals surface area contributed by atoms with Crippen molar-refractivity contribution in [3.8, 4) is 0 Å². The molecule has 1 heterocycles. The van der Waals surface area contributed by atoms with Crippen LogP contribution in [0.1, 0.15) is 31.7 Å². The van der Waals surface area contributed by atoms with Gasteiger partial charge in [-0.2, -0.15) is 0 Å². The van der Waals surface area contributed by atoms with Crippen LogP contribution in [0.15, 0.2) is 30.3 Å². The Balaban J connectivity index is 2.08. The molecule has 1 aliphatic heterocycles. The summed E-state index contributed by atoms with van der Waals surface area (Å²) in [7, 11) is 0. The minimum atomic E-state index is -0.502. The summed E-state index contributed by atoms with van der Waals surface area (Å²) in [5, 5.41) is 0. The third-order valence-electron chi connectivity index (χ3n) is 3.61. The molecule has 0 radical (unpaired) electrons. The summed E-state index contributed by atoms with van der Waals surface area (Å²) in [6.07, 6.45) is 2.85. The number of imide groups is 1. The third kappa shape index (κ3) is 3.59. The van der Waals surface area contributed by atoms with Gasteiger partial charge in [-0.15, -0.1) is 0 Å². The number of carbonyl (C=O) groups is 2. The quantitative estimate of drug-likeness (QED) is 0.852. The minimum Gasteiger partial charge on any atom is -0.449 e. The lowest BCUT2D eigenvalue weighted by Gasteiger charge is -2.21. The first-order valence-corrected chi connectivity index (χ1v) is 7.24. The van der Waals surface area contributed by atoms with Crippen molar-refractivity contribution in [2.24, 2.45) is 5.92 Å². The molecule has 2 amide bonds. The molecule has 20 heavy (non-hydrogen) atoms. The summed E-state index contributed by atoms with van der Waals surface area (Å²) < 4.78 is 4.97. The second-order valence-corrected chi connectivity index (χ2v) is 5.07. The molecule has 0 unspecified atom stereocenters. The molecule has 1 saturated heterocycles. The number of amides is 2. The third-order valence-corrected chi connectivity index (χ3v) is 3.61. The average Bonchev–Trinajstić information content (AvgIpc) is 2.63. The van der Waals surface area contributed by atoms with Crippen LogP contribution in [0.2, 0.25) is 0 Å². The van der Waals surface area contributed by atoms with Crippen molar-refractivity contribution < 1.29 is 14.3 Å². The van der Waals surface area contributed by atoms with Crippen LogP contribution in [0.3, 0.4) is 0 Å². The Morgan fingerprint density at radius 3 is 2.75 bits per heavy atom. The van der Waals surface area contributed by atoms with Gasteiger partial charge in [0.15, 0.2) is 0 Å². The molecule has 1 aromatic rings. The lowest BCUT2D eigenvalue weighted by molar-refractivity contribution is -0.133. The predicted octanol–water partition coefficient (Wildman–Crippen LogP) is 3.01. The van der Waals surface area contributed by atoms with Gasteiger partial charge in [-0.1, -0.05) is 36.8 Å². The van der Waals surface area contributed by atoms with E-state index >= 15 is 0 Å². The van der Waals surface area contributed by atoms with Crippen LogP contribution in [-0.4, -0.2) is 30.1 Å². The van der Waals surface area contributed by atoms with Crippen LogP contribution in [0.5, 0.6) is 0 Å². The predicted molar refractivity (Wildman–Crippen MR) is 76.2 cm³/mol. The molecule has 0 aliphatic carbocycles. The minimum absolute atomic E-state index is 0.0928. The van der Waals surface area contributed by atoms with Gasteiger partial charge in [0.05, 0.1) is 6.61 Å². The monoisotopic (exact) mass is 275 g/mol. The summed E-state index contributed by atoms with van der Waals surface area (Å²) in [4.78, 5) is 25.6. The summed E-state index contributed by atoms with van der Waals surface area (Å²) in [6.45, 7) is 2.52. The van der Waals surface area contributed by atoms with Crippen molar-refractivity contribution in [3.63, 3.8) is 0 Å². The number of likely N-dealkylation sites (tertiary alicyclic amines) is 1. The van der Waals surface area contributed by atoms with Crippen molar-refractivity contribution >= 4 is 12.0 Å². The zero-order chi connectivity index (χ0) is 14.4. The van der Waals surface area contributed by atoms with Crippen LogP contribution in [0.4, 0.5) is 4.79 Å². The first-order valence-electron chi connectivity index (χ1n) is 7.24. The Labute approximate surface area is 119 Å². The van der Waals surface area contributed by atoms with E-state index in [9.17, 15) is 9.59 Å². The molecule has 4 nitrogen and oxygen atoms in total. The Morgan fingerprint density at radius 2 is 2.05 bits per heavy atom. The number of rotatable bonds is 3. The fraction of sp³-hybridized carbons (Fsp3) is 0.500. The van der Waals surface area contributed by atoms with Crippen LogP contribution in [-0.2, 0) is 16.0 Å². The van der Waals surface area contributed by atoms with E-state index in [4.69, 9.17) is 4.74 Å². The average molecular weight is 275 g/mol. The molecular formula is C16H21NO3. The molecule has 0 N–H and O–H groups in total. The smallest absolute Gasteiger partial charge is 0.416 e. The lowest BCUT2D eigenvalue weighted by Crippen LogP contribution is -2.40. The lowest BCUT2D eigenvalue weighted by atomic mass is 9.94. The maximum Gasteiger partial charge on any atom is 0.416 e. The van der Waals surface area contributed by atoms with E-state index in [1.807, 2.05) is 30.3 Å². The van der Waals surface area contributed by atoms with Gasteiger partial charge in [0.25, 0.3) is 0 Å². The van der Waals surface area contributed by atoms with Gasteiger partial charge in [0, 0.05) is 12.5 Å². The van der Waals surface area contributed by atoms with Crippen molar-refractivity contribution in [2.45, 2.75) is 32.6 Å². The zero-order valence-corrected chi connectivity index (χ0v) is 11.9. The summed E-state index contributed by atoms with van der Waals surface area (Å²) in [5.74, 6) is -0.214. The van der Waals surface area contributed by atoms with Crippen LogP contribution in [0, 0.1) is 5.92 Å². The first-order chi connectivity index (χ1) is 9.72. The molecule has 4 heteroatoms. The van der Waals surface area contributed by atoms with Crippen molar-refractivity contribution in [1.82, 2.24) is 4.90 Å². The molecule has 0 aromatic heterocycles. The zero-order valence-electron chi connectivity index (χ0n) is 11.9. The highest BCUT2D eigenvalue weighted by Gasteiger charge is 2.31. The number of ether oxygens (including phenoxy) is 1. The van der Waals surface area contributed by atoms with Crippen LogP contribution in [0.25, 0.3) is 0 Å². The highest BCUT2D eigenvalue weighted by Crippen LogP contribution is 2.22. The van der Waals surface area contributed by atoms with E-state index < -0.39 is 6.09 Å². The molecular weight excluding hydrogens is 254 g/mol. The van der Waals surface area contributed by atoms with E-state index in [0.29, 0.717) is 19.6 Å². The van der Waals surface area contributed by atoms with Crippen LogP contribution < -0.4 is 0 Å². The molecule has 1 aliphatic rings. The SMILES string of the molecule is CCOC(=O)N1CCCC[C@@H](Cc2ccccc2)C1=O.